The number of carbonyl (C=O) groups is 2. The highest BCUT2D eigenvalue weighted by molar-refractivity contribution is 7.82. The Morgan fingerprint density at radius 1 is 1.02 bits per heavy atom. The molecule has 0 bridgehead atoms. The number of nitrogens with zero attached hydrogens (tertiary/aromatic N) is 7. The minimum Gasteiger partial charge on any atom is -0.351 e. The van der Waals surface area contributed by atoms with Crippen molar-refractivity contribution in [3.05, 3.63) is 71.5 Å². The summed E-state index contributed by atoms with van der Waals surface area (Å²) in [5.41, 5.74) is 2.32. The van der Waals surface area contributed by atoms with E-state index in [1.54, 1.807) is 4.68 Å². The van der Waals surface area contributed by atoms with E-state index >= 15 is 0 Å². The lowest BCUT2D eigenvalue weighted by Crippen LogP contribution is -2.49. The Morgan fingerprint density at radius 2 is 1.77 bits per heavy atom. The first-order chi connectivity index (χ1) is 23.0. The predicted octanol–water partition coefficient (Wildman–Crippen LogP) is 4.03. The molecule has 3 fully saturated rings. The Kier molecular flexibility index (Phi) is 8.64. The summed E-state index contributed by atoms with van der Waals surface area (Å²) in [6.45, 7) is 3.92. The zero-order valence-corrected chi connectivity index (χ0v) is 26.9. The maximum Gasteiger partial charge on any atom is 0.419 e. The van der Waals surface area contributed by atoms with E-state index in [2.05, 4.69) is 42.7 Å². The third-order valence-corrected chi connectivity index (χ3v) is 10.6. The Labute approximate surface area is 276 Å². The molecular weight excluding hydrogens is 647 g/mol. The third-order valence-electron chi connectivity index (χ3n) is 9.10. The van der Waals surface area contributed by atoms with Gasteiger partial charge in [-0.2, -0.15) is 18.3 Å². The van der Waals surface area contributed by atoms with E-state index < -0.39 is 28.8 Å². The molecule has 0 saturated carbocycles. The lowest BCUT2D eigenvalue weighted by molar-refractivity contribution is -0.138. The van der Waals surface area contributed by atoms with Crippen LogP contribution < -0.4 is 15.5 Å². The van der Waals surface area contributed by atoms with E-state index in [1.165, 1.54) is 10.5 Å². The molecule has 0 aliphatic carbocycles. The molecule has 2 aromatic carbocycles. The largest absolute Gasteiger partial charge is 0.419 e. The van der Waals surface area contributed by atoms with Gasteiger partial charge in [-0.3, -0.25) is 24.6 Å². The number of aryl methyl sites for hydroxylation is 1. The van der Waals surface area contributed by atoms with Gasteiger partial charge in [0.2, 0.25) is 11.9 Å². The lowest BCUT2D eigenvalue weighted by atomic mass is 9.90. The SMILES string of the molecule is Cn1nc(N2CCC(=O)NC2=O)c2ccc(C3CN(Cc4cccc(S(=O)N5CCC(Nc6ncc(C(F)(F)F)cn6)CC5)c4)C3)cc21. The maximum atomic E-state index is 13.4. The molecule has 1 unspecified atom stereocenters. The van der Waals surface area contributed by atoms with Crippen LogP contribution in [0.4, 0.5) is 29.7 Å². The second kappa shape index (κ2) is 12.9. The first-order valence-electron chi connectivity index (χ1n) is 15.7. The second-order valence-corrected chi connectivity index (χ2v) is 13.9. The molecule has 3 amide bonds. The van der Waals surface area contributed by atoms with Crippen molar-refractivity contribution in [1.29, 1.82) is 0 Å². The van der Waals surface area contributed by atoms with Crippen molar-refractivity contribution in [3.8, 4) is 0 Å². The van der Waals surface area contributed by atoms with Crippen molar-refractivity contribution >= 4 is 45.6 Å². The molecule has 3 aliphatic rings. The molecule has 252 valence electrons. The molecule has 3 aliphatic heterocycles. The average molecular weight is 682 g/mol. The normalized spacial score (nSPS) is 19.4. The number of rotatable bonds is 8. The monoisotopic (exact) mass is 681 g/mol. The van der Waals surface area contributed by atoms with Gasteiger partial charge in [-0.05, 0) is 48.2 Å². The van der Waals surface area contributed by atoms with Crippen molar-refractivity contribution in [2.75, 3.05) is 42.9 Å². The first-order valence-corrected chi connectivity index (χ1v) is 16.8. The van der Waals surface area contributed by atoms with Crippen LogP contribution in [0.5, 0.6) is 0 Å². The van der Waals surface area contributed by atoms with Crippen LogP contribution in [0, 0.1) is 0 Å². The van der Waals surface area contributed by atoms with Crippen molar-refractivity contribution in [1.82, 2.24) is 34.3 Å². The van der Waals surface area contributed by atoms with Gasteiger partial charge in [0.15, 0.2) is 5.82 Å². The van der Waals surface area contributed by atoms with Crippen LogP contribution >= 0.6 is 0 Å². The number of benzene rings is 2. The third kappa shape index (κ3) is 6.64. The second-order valence-electron chi connectivity index (χ2n) is 12.4. The van der Waals surface area contributed by atoms with Gasteiger partial charge in [-0.25, -0.2) is 23.3 Å². The van der Waals surface area contributed by atoms with Gasteiger partial charge < -0.3 is 5.32 Å². The molecule has 4 aromatic rings. The molecular formula is C32H34F3N9O3S. The van der Waals surface area contributed by atoms with Gasteiger partial charge in [0.1, 0.15) is 11.0 Å². The van der Waals surface area contributed by atoms with Gasteiger partial charge in [-0.15, -0.1) is 0 Å². The zero-order valence-electron chi connectivity index (χ0n) is 26.1. The molecule has 0 radical (unpaired) electrons. The number of halogens is 3. The van der Waals surface area contributed by atoms with E-state index in [1.807, 2.05) is 41.7 Å². The Hall–Kier alpha value is -4.41. The molecule has 3 saturated heterocycles. The Morgan fingerprint density at radius 3 is 2.48 bits per heavy atom. The van der Waals surface area contributed by atoms with Crippen molar-refractivity contribution in [3.63, 3.8) is 0 Å². The highest BCUT2D eigenvalue weighted by Gasteiger charge is 2.33. The number of nitrogens with one attached hydrogen (secondary N) is 2. The van der Waals surface area contributed by atoms with Gasteiger partial charge in [-0.1, -0.05) is 18.2 Å². The molecule has 48 heavy (non-hydrogen) atoms. The van der Waals surface area contributed by atoms with Crippen molar-refractivity contribution < 1.29 is 27.0 Å². The summed E-state index contributed by atoms with van der Waals surface area (Å²) in [6, 6.07) is 13.6. The fourth-order valence-corrected chi connectivity index (χ4v) is 7.73. The van der Waals surface area contributed by atoms with Crippen LogP contribution in [0.2, 0.25) is 0 Å². The Balaban J connectivity index is 0.915. The number of amides is 3. The summed E-state index contributed by atoms with van der Waals surface area (Å²) in [5, 5.41) is 10.9. The highest BCUT2D eigenvalue weighted by atomic mass is 32.2. The molecule has 16 heteroatoms. The quantitative estimate of drug-likeness (QED) is 0.286. The van der Waals surface area contributed by atoms with Gasteiger partial charge in [0, 0.05) is 82.5 Å². The minimum absolute atomic E-state index is 0.0237. The summed E-state index contributed by atoms with van der Waals surface area (Å²) in [7, 11) is 0.519. The maximum absolute atomic E-state index is 13.4. The zero-order chi connectivity index (χ0) is 33.6. The van der Waals surface area contributed by atoms with Gasteiger partial charge in [0.25, 0.3) is 0 Å². The van der Waals surface area contributed by atoms with Crippen LogP contribution in [0.3, 0.4) is 0 Å². The summed E-state index contributed by atoms with van der Waals surface area (Å²) in [4.78, 5) is 36.2. The topological polar surface area (TPSA) is 129 Å². The molecule has 2 N–H and O–H groups in total. The van der Waals surface area contributed by atoms with Gasteiger partial charge >= 0.3 is 12.2 Å². The highest BCUT2D eigenvalue weighted by Crippen LogP contribution is 2.34. The number of carbonyl (C=O) groups excluding carboxylic acids is 2. The van der Waals surface area contributed by atoms with E-state index in [-0.39, 0.29) is 24.3 Å². The lowest BCUT2D eigenvalue weighted by Gasteiger charge is -2.39. The number of anilines is 2. The van der Waals surface area contributed by atoms with Crippen LogP contribution in [-0.2, 0) is 35.5 Å². The molecule has 12 nitrogen and oxygen atoms in total. The smallest absolute Gasteiger partial charge is 0.351 e. The Bertz CT molecular complexity index is 1870. The van der Waals surface area contributed by atoms with Crippen molar-refractivity contribution in [2.45, 2.75) is 48.8 Å². The van der Waals surface area contributed by atoms with E-state index in [4.69, 9.17) is 0 Å². The molecule has 0 spiro atoms. The average Bonchev–Trinajstić information content (AvgIpc) is 3.37. The fourth-order valence-electron chi connectivity index (χ4n) is 6.44. The van der Waals surface area contributed by atoms with Gasteiger partial charge in [0.05, 0.1) is 16.0 Å². The predicted molar refractivity (Wildman–Crippen MR) is 172 cm³/mol. The van der Waals surface area contributed by atoms with Crippen LogP contribution in [-0.4, -0.2) is 83.9 Å². The molecule has 1 atom stereocenters. The van der Waals surface area contributed by atoms with Crippen LogP contribution in [0.1, 0.15) is 41.9 Å². The summed E-state index contributed by atoms with van der Waals surface area (Å²) in [6.07, 6.45) is -1.38. The molecule has 2 aromatic heterocycles. The van der Waals surface area contributed by atoms with Crippen molar-refractivity contribution in [2.24, 2.45) is 7.05 Å². The summed E-state index contributed by atoms with van der Waals surface area (Å²) in [5.74, 6) is 0.768. The molecule has 5 heterocycles. The number of hydrogen-bond donors (Lipinski definition) is 2. The number of urea groups is 1. The fraction of sp³-hybridized carbons (Fsp3) is 0.406. The van der Waals surface area contributed by atoms with Crippen LogP contribution in [0.15, 0.2) is 59.8 Å². The number of imide groups is 1. The van der Waals surface area contributed by atoms with Crippen LogP contribution in [0.25, 0.3) is 10.9 Å². The number of piperidine rings is 1. The minimum atomic E-state index is -4.48. The number of likely N-dealkylation sites (tertiary alicyclic amines) is 1. The van der Waals surface area contributed by atoms with E-state index in [0.717, 1.165) is 53.4 Å². The number of fused-ring (bicyclic) bond motifs is 1. The standard InChI is InChI=1S/C32H34F3N9O3S/c1-41-27-14-21(5-6-26(27)29(40-41)44-12-9-28(45)39-31(44)46)22-18-42(19-22)17-20-3-2-4-25(13-20)48(47)43-10-7-24(8-11-43)38-30-36-15-23(16-37-30)32(33,34)35/h2-6,13-16,22,24H,7-12,17-19H2,1H3,(H,36,37,38)(H,39,45,46). The first kappa shape index (κ1) is 32.2. The summed E-state index contributed by atoms with van der Waals surface area (Å²) < 4.78 is 55.5. The number of hydrogen-bond acceptors (Lipinski definition) is 8. The van der Waals surface area contributed by atoms with E-state index in [9.17, 15) is 27.0 Å². The summed E-state index contributed by atoms with van der Waals surface area (Å²) >= 11 is 0. The van der Waals surface area contributed by atoms with E-state index in [0.29, 0.717) is 44.2 Å². The number of aromatic nitrogens is 4. The number of alkyl halides is 3. The molecule has 7 rings (SSSR count).